The average molecular weight is 282 g/mol. The fourth-order valence-corrected chi connectivity index (χ4v) is 3.19. The summed E-state index contributed by atoms with van der Waals surface area (Å²) in [5, 5.41) is 17.6. The van der Waals surface area contributed by atoms with E-state index in [2.05, 4.69) is 15.5 Å². The minimum atomic E-state index is -0.846. The van der Waals surface area contributed by atoms with E-state index in [-0.39, 0.29) is 11.7 Å². The number of carbonyl (C=O) groups is 1. The summed E-state index contributed by atoms with van der Waals surface area (Å²) in [5.41, 5.74) is 5.81. The Labute approximate surface area is 115 Å². The molecule has 0 spiro atoms. The van der Waals surface area contributed by atoms with Crippen LogP contribution < -0.4 is 11.1 Å². The molecule has 1 heterocycles. The zero-order chi connectivity index (χ0) is 13.9. The quantitative estimate of drug-likeness (QED) is 0.336. The summed E-state index contributed by atoms with van der Waals surface area (Å²) in [6.07, 6.45) is 3.09. The van der Waals surface area contributed by atoms with E-state index in [1.807, 2.05) is 12.3 Å². The molecular formula is C12H18N4O2S. The summed E-state index contributed by atoms with van der Waals surface area (Å²) in [6, 6.07) is 0. The van der Waals surface area contributed by atoms with Gasteiger partial charge in [-0.2, -0.15) is 0 Å². The average Bonchev–Trinajstić information content (AvgIpc) is 3.04. The smallest absolute Gasteiger partial charge is 0.234 e. The molecule has 1 aliphatic carbocycles. The van der Waals surface area contributed by atoms with E-state index in [0.29, 0.717) is 19.4 Å². The molecule has 1 aromatic heterocycles. The van der Waals surface area contributed by atoms with Crippen molar-refractivity contribution in [2.45, 2.75) is 39.2 Å². The number of carbonyl (C=O) groups excluding carboxylic acids is 1. The normalized spacial score (nSPS) is 18.5. The van der Waals surface area contributed by atoms with E-state index in [1.165, 1.54) is 11.3 Å². The van der Waals surface area contributed by atoms with E-state index >= 15 is 0 Å². The van der Waals surface area contributed by atoms with Gasteiger partial charge in [0.05, 0.1) is 6.54 Å². The van der Waals surface area contributed by atoms with Crippen LogP contribution in [0.5, 0.6) is 0 Å². The predicted molar refractivity (Wildman–Crippen MR) is 73.0 cm³/mol. The number of rotatable bonds is 4. The maximum atomic E-state index is 12.3. The molecule has 4 N–H and O–H groups in total. The van der Waals surface area contributed by atoms with Crippen LogP contribution >= 0.6 is 11.3 Å². The highest BCUT2D eigenvalue weighted by atomic mass is 32.1. The molecule has 0 saturated heterocycles. The van der Waals surface area contributed by atoms with Gasteiger partial charge in [-0.05, 0) is 19.8 Å². The number of thiazole rings is 1. The van der Waals surface area contributed by atoms with Gasteiger partial charge in [0.25, 0.3) is 0 Å². The lowest BCUT2D eigenvalue weighted by Crippen LogP contribution is -2.48. The van der Waals surface area contributed by atoms with Crippen molar-refractivity contribution in [2.24, 2.45) is 16.3 Å². The minimum Gasteiger partial charge on any atom is -0.409 e. The van der Waals surface area contributed by atoms with Crippen molar-refractivity contribution in [3.63, 3.8) is 0 Å². The molecular weight excluding hydrogens is 264 g/mol. The number of nitrogens with two attached hydrogens (primary N) is 1. The van der Waals surface area contributed by atoms with E-state index in [9.17, 15) is 4.79 Å². The Morgan fingerprint density at radius 2 is 2.32 bits per heavy atom. The first-order chi connectivity index (χ1) is 9.08. The number of oxime groups is 1. The number of nitrogens with one attached hydrogen (secondary N) is 1. The number of nitrogens with zero attached hydrogens (tertiary/aromatic N) is 2. The number of hydrogen-bond donors (Lipinski definition) is 3. The predicted octanol–water partition coefficient (Wildman–Crippen LogP) is 1.37. The fourth-order valence-electron chi connectivity index (χ4n) is 2.48. The number of hydrogen-bond acceptors (Lipinski definition) is 5. The van der Waals surface area contributed by atoms with Crippen LogP contribution in [0, 0.1) is 12.3 Å². The summed E-state index contributed by atoms with van der Waals surface area (Å²) in [5.74, 6) is -0.161. The van der Waals surface area contributed by atoms with E-state index in [4.69, 9.17) is 10.9 Å². The van der Waals surface area contributed by atoms with E-state index in [1.54, 1.807) is 0 Å². The minimum absolute atomic E-state index is 0.0119. The van der Waals surface area contributed by atoms with Gasteiger partial charge in [0.1, 0.15) is 10.4 Å². The lowest BCUT2D eigenvalue weighted by molar-refractivity contribution is -0.127. The molecule has 1 amide bonds. The molecule has 1 aromatic rings. The molecule has 104 valence electrons. The molecule has 19 heavy (non-hydrogen) atoms. The highest BCUT2D eigenvalue weighted by Gasteiger charge is 2.45. The molecule has 0 bridgehead atoms. The maximum Gasteiger partial charge on any atom is 0.234 e. The van der Waals surface area contributed by atoms with Gasteiger partial charge in [-0.25, -0.2) is 4.98 Å². The Bertz CT molecular complexity index is 492. The van der Waals surface area contributed by atoms with Crippen molar-refractivity contribution in [3.05, 3.63) is 16.1 Å². The number of aromatic nitrogens is 1. The van der Waals surface area contributed by atoms with Gasteiger partial charge in [-0.1, -0.05) is 18.0 Å². The van der Waals surface area contributed by atoms with Gasteiger partial charge in [0, 0.05) is 11.1 Å². The summed E-state index contributed by atoms with van der Waals surface area (Å²) in [7, 11) is 0. The second kappa shape index (κ2) is 5.56. The molecule has 1 aliphatic rings. The zero-order valence-electron chi connectivity index (χ0n) is 10.8. The topological polar surface area (TPSA) is 101 Å². The van der Waals surface area contributed by atoms with Crippen LogP contribution in [0.15, 0.2) is 10.5 Å². The van der Waals surface area contributed by atoms with E-state index < -0.39 is 5.41 Å². The van der Waals surface area contributed by atoms with Crippen LogP contribution in [-0.2, 0) is 11.3 Å². The molecule has 0 radical (unpaired) electrons. The SMILES string of the molecule is Cc1csc(CNC(=O)C2(C(N)=NO)CCCC2)n1. The van der Waals surface area contributed by atoms with Crippen LogP contribution in [0.2, 0.25) is 0 Å². The van der Waals surface area contributed by atoms with Crippen LogP contribution in [0.25, 0.3) is 0 Å². The number of amides is 1. The van der Waals surface area contributed by atoms with Crippen LogP contribution in [0.4, 0.5) is 0 Å². The Morgan fingerprint density at radius 1 is 1.63 bits per heavy atom. The highest BCUT2D eigenvalue weighted by Crippen LogP contribution is 2.38. The Hall–Kier alpha value is -1.63. The number of amidine groups is 1. The van der Waals surface area contributed by atoms with Crippen molar-refractivity contribution in [2.75, 3.05) is 0 Å². The Morgan fingerprint density at radius 3 is 2.84 bits per heavy atom. The first-order valence-electron chi connectivity index (χ1n) is 6.26. The maximum absolute atomic E-state index is 12.3. The third-order valence-electron chi connectivity index (χ3n) is 3.56. The number of aryl methyl sites for hydroxylation is 1. The molecule has 1 fully saturated rings. The molecule has 2 rings (SSSR count). The van der Waals surface area contributed by atoms with Crippen LogP contribution in [-0.4, -0.2) is 21.9 Å². The van der Waals surface area contributed by atoms with Gasteiger partial charge in [0.2, 0.25) is 5.91 Å². The van der Waals surface area contributed by atoms with Crippen molar-refractivity contribution in [3.8, 4) is 0 Å². The summed E-state index contributed by atoms with van der Waals surface area (Å²) in [4.78, 5) is 16.6. The van der Waals surface area contributed by atoms with Gasteiger partial charge in [0.15, 0.2) is 5.84 Å². The van der Waals surface area contributed by atoms with Gasteiger partial charge in [-0.15, -0.1) is 11.3 Å². The molecule has 7 heteroatoms. The standard InChI is InChI=1S/C12H18N4O2S/c1-8-7-19-9(15-8)6-14-11(17)12(10(13)16-18)4-2-3-5-12/h7,18H,2-6H2,1H3,(H2,13,16)(H,14,17). The fraction of sp³-hybridized carbons (Fsp3) is 0.583. The first-order valence-corrected chi connectivity index (χ1v) is 7.14. The second-order valence-corrected chi connectivity index (χ2v) is 5.78. The lowest BCUT2D eigenvalue weighted by Gasteiger charge is -2.25. The van der Waals surface area contributed by atoms with E-state index in [0.717, 1.165) is 23.5 Å². The summed E-state index contributed by atoms with van der Waals surface area (Å²) >= 11 is 1.51. The molecule has 1 saturated carbocycles. The third-order valence-corrected chi connectivity index (χ3v) is 4.52. The lowest BCUT2D eigenvalue weighted by atomic mass is 9.84. The van der Waals surface area contributed by atoms with Crippen molar-refractivity contribution < 1.29 is 10.0 Å². The largest absolute Gasteiger partial charge is 0.409 e. The first kappa shape index (κ1) is 13.8. The van der Waals surface area contributed by atoms with Crippen molar-refractivity contribution in [1.29, 1.82) is 0 Å². The van der Waals surface area contributed by atoms with Gasteiger partial charge >= 0.3 is 0 Å². The second-order valence-electron chi connectivity index (χ2n) is 4.84. The monoisotopic (exact) mass is 282 g/mol. The molecule has 0 unspecified atom stereocenters. The van der Waals surface area contributed by atoms with Crippen LogP contribution in [0.1, 0.15) is 36.4 Å². The molecule has 0 aliphatic heterocycles. The Balaban J connectivity index is 2.04. The molecule has 6 nitrogen and oxygen atoms in total. The third kappa shape index (κ3) is 2.70. The molecule has 0 aromatic carbocycles. The van der Waals surface area contributed by atoms with Crippen molar-refractivity contribution >= 4 is 23.1 Å². The van der Waals surface area contributed by atoms with Crippen LogP contribution in [0.3, 0.4) is 0 Å². The highest BCUT2D eigenvalue weighted by molar-refractivity contribution is 7.09. The van der Waals surface area contributed by atoms with Gasteiger partial charge in [-0.3, -0.25) is 4.79 Å². The Kier molecular flexibility index (Phi) is 4.04. The zero-order valence-corrected chi connectivity index (χ0v) is 11.7. The van der Waals surface area contributed by atoms with Gasteiger partial charge < -0.3 is 16.3 Å². The molecule has 0 atom stereocenters. The summed E-state index contributed by atoms with van der Waals surface area (Å²) in [6.45, 7) is 2.30. The van der Waals surface area contributed by atoms with Crippen molar-refractivity contribution in [1.82, 2.24) is 10.3 Å². The summed E-state index contributed by atoms with van der Waals surface area (Å²) < 4.78 is 0.